The number of hydrogen-bond donors (Lipinski definition) is 1. The number of rotatable bonds is 8. The Morgan fingerprint density at radius 2 is 1.94 bits per heavy atom. The molecule has 0 aliphatic heterocycles. The highest BCUT2D eigenvalue weighted by Crippen LogP contribution is 2.21. The topological polar surface area (TPSA) is 83.4 Å². The van der Waals surface area contributed by atoms with Crippen LogP contribution in [0.5, 0.6) is 0 Å². The second-order valence-corrected chi connectivity index (χ2v) is 7.59. The van der Waals surface area contributed by atoms with Gasteiger partial charge < -0.3 is 10.2 Å². The van der Waals surface area contributed by atoms with Gasteiger partial charge in [-0.25, -0.2) is 9.97 Å². The Morgan fingerprint density at radius 3 is 2.62 bits per heavy atom. The fourth-order valence-corrected chi connectivity index (χ4v) is 3.46. The maximum Gasteiger partial charge on any atom is 0.251 e. The molecule has 0 atom stereocenters. The first-order chi connectivity index (χ1) is 15.4. The van der Waals surface area contributed by atoms with Crippen molar-refractivity contribution in [2.45, 2.75) is 27.2 Å². The quantitative estimate of drug-likeness (QED) is 0.552. The van der Waals surface area contributed by atoms with Gasteiger partial charge in [0.25, 0.3) is 5.91 Å². The molecule has 0 unspecified atom stereocenters. The summed E-state index contributed by atoms with van der Waals surface area (Å²) in [5, 5.41) is 3.57. The van der Waals surface area contributed by atoms with E-state index in [2.05, 4.69) is 56.3 Å². The molecule has 0 saturated carbocycles. The number of pyridine rings is 1. The summed E-state index contributed by atoms with van der Waals surface area (Å²) in [6.07, 6.45) is 8.20. The molecular weight excluding hydrogens is 400 g/mol. The molecule has 3 aromatic rings. The molecule has 1 amide bonds. The second kappa shape index (κ2) is 10.6. The number of carbonyl (C=O) groups excluding carboxylic acids is 1. The molecule has 2 heterocycles. The zero-order chi connectivity index (χ0) is 23.1. The molecule has 0 saturated heterocycles. The molecule has 0 fully saturated rings. The Balaban J connectivity index is 1.79. The van der Waals surface area contributed by atoms with E-state index in [1.807, 2.05) is 38.4 Å². The van der Waals surface area contributed by atoms with Crippen LogP contribution in [0.4, 0.5) is 0 Å². The van der Waals surface area contributed by atoms with Crippen LogP contribution in [0.3, 0.4) is 0 Å². The highest BCUT2D eigenvalue weighted by Gasteiger charge is 2.12. The van der Waals surface area contributed by atoms with Crippen molar-refractivity contribution in [2.75, 3.05) is 27.2 Å². The van der Waals surface area contributed by atoms with Crippen molar-refractivity contribution in [3.63, 3.8) is 0 Å². The van der Waals surface area contributed by atoms with Crippen molar-refractivity contribution in [3.8, 4) is 0 Å². The molecule has 7 heteroatoms. The van der Waals surface area contributed by atoms with E-state index < -0.39 is 0 Å². The van der Waals surface area contributed by atoms with Gasteiger partial charge in [-0.3, -0.25) is 14.8 Å². The van der Waals surface area contributed by atoms with Crippen molar-refractivity contribution >= 4 is 22.5 Å². The minimum Gasteiger partial charge on any atom is -0.378 e. The molecular formula is C25H30N6O. The van der Waals surface area contributed by atoms with Crippen molar-refractivity contribution in [2.24, 2.45) is 4.99 Å². The minimum absolute atomic E-state index is 0.103. The number of para-hydroxylation sites is 1. The maximum atomic E-state index is 12.2. The van der Waals surface area contributed by atoms with E-state index in [9.17, 15) is 4.79 Å². The van der Waals surface area contributed by atoms with Crippen LogP contribution in [0.25, 0.3) is 10.9 Å². The van der Waals surface area contributed by atoms with Crippen LogP contribution >= 0.6 is 0 Å². The molecule has 0 spiro atoms. The zero-order valence-electron chi connectivity index (χ0n) is 19.4. The van der Waals surface area contributed by atoms with Crippen molar-refractivity contribution in [1.29, 1.82) is 0 Å². The van der Waals surface area contributed by atoms with Gasteiger partial charge in [0.1, 0.15) is 5.82 Å². The fourth-order valence-electron chi connectivity index (χ4n) is 3.46. The third kappa shape index (κ3) is 5.35. The van der Waals surface area contributed by atoms with Gasteiger partial charge in [-0.15, -0.1) is 0 Å². The average Bonchev–Trinajstić information content (AvgIpc) is 2.81. The van der Waals surface area contributed by atoms with Gasteiger partial charge in [0.2, 0.25) is 0 Å². The van der Waals surface area contributed by atoms with Crippen molar-refractivity contribution < 1.29 is 4.79 Å². The van der Waals surface area contributed by atoms with E-state index in [1.165, 1.54) is 0 Å². The van der Waals surface area contributed by atoms with Crippen LogP contribution in [0.2, 0.25) is 0 Å². The molecule has 3 rings (SSSR count). The van der Waals surface area contributed by atoms with E-state index in [0.717, 1.165) is 52.2 Å². The predicted octanol–water partition coefficient (Wildman–Crippen LogP) is 3.58. The fraction of sp³-hybridized carbons (Fsp3) is 0.320. The lowest BCUT2D eigenvalue weighted by Gasteiger charge is -2.21. The number of nitrogens with zero attached hydrogens (tertiary/aromatic N) is 5. The number of allylic oxidation sites excluding steroid dienone is 2. The van der Waals surface area contributed by atoms with Gasteiger partial charge in [-0.05, 0) is 44.9 Å². The maximum absolute atomic E-state index is 12.2. The summed E-state index contributed by atoms with van der Waals surface area (Å²) in [6, 6.07) is 7.76. The second-order valence-electron chi connectivity index (χ2n) is 7.59. The number of amides is 1. The summed E-state index contributed by atoms with van der Waals surface area (Å²) in [7, 11) is 3.71. The summed E-state index contributed by atoms with van der Waals surface area (Å²) < 4.78 is 0. The van der Waals surface area contributed by atoms with Gasteiger partial charge in [0, 0.05) is 62.4 Å². The molecule has 1 N–H and O–H groups in total. The highest BCUT2D eigenvalue weighted by atomic mass is 16.1. The standard InChI is InChI=1S/C25H30N6O/c1-6-27-23(20-15-29-18(3)30-16-20)14-17(2)31(5)13-11-19-8-7-9-21-22(25(32)26-4)10-12-28-24(19)21/h7-10,12,14-16H,6,11,13H2,1-5H3,(H,26,32)/b17-14+,27-23+. The van der Waals surface area contributed by atoms with Crippen LogP contribution in [-0.4, -0.2) is 58.7 Å². The largest absolute Gasteiger partial charge is 0.378 e. The number of likely N-dealkylation sites (N-methyl/N-ethyl adjacent to an activating group) is 1. The van der Waals surface area contributed by atoms with Crippen LogP contribution in [0.15, 0.2) is 59.6 Å². The van der Waals surface area contributed by atoms with E-state index in [1.54, 1.807) is 19.3 Å². The van der Waals surface area contributed by atoms with Crippen LogP contribution in [-0.2, 0) is 6.42 Å². The predicted molar refractivity (Wildman–Crippen MR) is 129 cm³/mol. The zero-order valence-corrected chi connectivity index (χ0v) is 19.4. The summed E-state index contributed by atoms with van der Waals surface area (Å²) >= 11 is 0. The van der Waals surface area contributed by atoms with Gasteiger partial charge in [0.15, 0.2) is 0 Å². The monoisotopic (exact) mass is 430 g/mol. The lowest BCUT2D eigenvalue weighted by atomic mass is 10.0. The third-order valence-corrected chi connectivity index (χ3v) is 5.40. The normalized spacial score (nSPS) is 12.2. The Hall–Kier alpha value is -3.61. The number of carbonyl (C=O) groups is 1. The van der Waals surface area contributed by atoms with E-state index >= 15 is 0 Å². The molecule has 32 heavy (non-hydrogen) atoms. The number of benzene rings is 1. The summed E-state index contributed by atoms with van der Waals surface area (Å²) in [5.41, 5.74) is 5.50. The number of nitrogens with one attached hydrogen (secondary N) is 1. The van der Waals surface area contributed by atoms with Gasteiger partial charge in [0.05, 0.1) is 16.8 Å². The van der Waals surface area contributed by atoms with Crippen molar-refractivity contribution in [1.82, 2.24) is 25.2 Å². The molecule has 2 aromatic heterocycles. The molecule has 166 valence electrons. The van der Waals surface area contributed by atoms with Gasteiger partial charge in [-0.1, -0.05) is 18.2 Å². The van der Waals surface area contributed by atoms with E-state index in [0.29, 0.717) is 12.1 Å². The molecule has 7 nitrogen and oxygen atoms in total. The first kappa shape index (κ1) is 23.1. The molecule has 1 aromatic carbocycles. The van der Waals surface area contributed by atoms with Crippen LogP contribution < -0.4 is 5.32 Å². The van der Waals surface area contributed by atoms with Gasteiger partial charge >= 0.3 is 0 Å². The lowest BCUT2D eigenvalue weighted by Crippen LogP contribution is -2.21. The minimum atomic E-state index is -0.103. The molecule has 0 bridgehead atoms. The molecule has 0 aliphatic rings. The van der Waals surface area contributed by atoms with Crippen LogP contribution in [0.1, 0.15) is 41.2 Å². The Bertz CT molecular complexity index is 1150. The summed E-state index contributed by atoms with van der Waals surface area (Å²) in [5.74, 6) is 0.638. The Labute approximate surface area is 189 Å². The highest BCUT2D eigenvalue weighted by molar-refractivity contribution is 6.08. The number of aryl methyl sites for hydroxylation is 1. The first-order valence-electron chi connectivity index (χ1n) is 10.8. The third-order valence-electron chi connectivity index (χ3n) is 5.40. The molecule has 0 radical (unpaired) electrons. The number of aromatic nitrogens is 3. The number of aliphatic imine (C=N–C) groups is 1. The van der Waals surface area contributed by atoms with E-state index in [-0.39, 0.29) is 5.91 Å². The smallest absolute Gasteiger partial charge is 0.251 e. The Morgan fingerprint density at radius 1 is 1.19 bits per heavy atom. The molecule has 0 aliphatic carbocycles. The first-order valence-corrected chi connectivity index (χ1v) is 10.8. The Kier molecular flexibility index (Phi) is 7.65. The average molecular weight is 431 g/mol. The summed E-state index contributed by atoms with van der Waals surface area (Å²) in [4.78, 5) is 32.2. The van der Waals surface area contributed by atoms with Crippen molar-refractivity contribution in [3.05, 3.63) is 77.1 Å². The lowest BCUT2D eigenvalue weighted by molar-refractivity contribution is 0.0964. The van der Waals surface area contributed by atoms with Crippen LogP contribution in [0, 0.1) is 6.92 Å². The SMILES string of the molecule is CC/N=C(\C=C(/C)N(C)CCc1cccc2c(C(=O)NC)ccnc12)c1cnc(C)nc1. The number of fused-ring (bicyclic) bond motifs is 1. The summed E-state index contributed by atoms with van der Waals surface area (Å²) in [6.45, 7) is 7.45. The van der Waals surface area contributed by atoms with Gasteiger partial charge in [-0.2, -0.15) is 0 Å². The number of hydrogen-bond acceptors (Lipinski definition) is 6. The van der Waals surface area contributed by atoms with E-state index in [4.69, 9.17) is 0 Å².